The molecule has 1 amide bonds. The molecule has 1 aromatic rings. The lowest BCUT2D eigenvalue weighted by molar-refractivity contribution is 0.0752. The fourth-order valence-electron chi connectivity index (χ4n) is 2.46. The third-order valence-electron chi connectivity index (χ3n) is 3.84. The molecule has 0 spiro atoms. The average molecular weight is 299 g/mol. The lowest BCUT2D eigenvalue weighted by Crippen LogP contribution is -2.32. The Morgan fingerprint density at radius 3 is 2.65 bits per heavy atom. The molecular weight excluding hydrogens is 278 g/mol. The van der Waals surface area contributed by atoms with E-state index in [4.69, 9.17) is 5.14 Å². The number of aromatic nitrogens is 1. The van der Waals surface area contributed by atoms with Gasteiger partial charge in [0.05, 0.1) is 4.90 Å². The van der Waals surface area contributed by atoms with Gasteiger partial charge in [0.2, 0.25) is 10.0 Å². The maximum Gasteiger partial charge on any atom is 0.270 e. The summed E-state index contributed by atoms with van der Waals surface area (Å²) in [4.78, 5) is 16.8. The Bertz CT molecular complexity index is 604. The van der Waals surface area contributed by atoms with Crippen molar-refractivity contribution in [1.82, 2.24) is 9.88 Å². The van der Waals surface area contributed by atoms with Gasteiger partial charge in [0.15, 0.2) is 0 Å². The molecule has 2 rings (SSSR count). The second kappa shape index (κ2) is 5.21. The van der Waals surface area contributed by atoms with Crippen molar-refractivity contribution in [1.29, 1.82) is 0 Å². The van der Waals surface area contributed by atoms with Crippen molar-refractivity contribution in [2.45, 2.75) is 38.0 Å². The SMILES string of the molecule is CC1(C)CCCN(C(=O)c2cc(S(N)(=O)=O)c[nH]2)CC1. The first kappa shape index (κ1) is 15.1. The first-order valence-electron chi connectivity index (χ1n) is 6.70. The molecule has 0 saturated carbocycles. The van der Waals surface area contributed by atoms with E-state index in [0.717, 1.165) is 19.3 Å². The van der Waals surface area contributed by atoms with Crippen LogP contribution in [0.1, 0.15) is 43.6 Å². The summed E-state index contributed by atoms with van der Waals surface area (Å²) >= 11 is 0. The first-order valence-corrected chi connectivity index (χ1v) is 8.24. The van der Waals surface area contributed by atoms with Gasteiger partial charge >= 0.3 is 0 Å². The number of amides is 1. The van der Waals surface area contributed by atoms with E-state index >= 15 is 0 Å². The molecule has 0 aromatic carbocycles. The Morgan fingerprint density at radius 1 is 1.35 bits per heavy atom. The zero-order valence-electron chi connectivity index (χ0n) is 11.8. The van der Waals surface area contributed by atoms with Crippen LogP contribution in [0.2, 0.25) is 0 Å². The van der Waals surface area contributed by atoms with E-state index < -0.39 is 10.0 Å². The Balaban J connectivity index is 2.13. The number of rotatable bonds is 2. The number of carbonyl (C=O) groups excluding carboxylic acids is 1. The molecule has 112 valence electrons. The molecule has 1 aromatic heterocycles. The zero-order chi connectivity index (χ0) is 15.0. The summed E-state index contributed by atoms with van der Waals surface area (Å²) < 4.78 is 22.4. The van der Waals surface area contributed by atoms with Crippen LogP contribution in [0.15, 0.2) is 17.2 Å². The maximum absolute atomic E-state index is 12.4. The van der Waals surface area contributed by atoms with Gasteiger partial charge in [0, 0.05) is 19.3 Å². The predicted molar refractivity (Wildman–Crippen MR) is 75.7 cm³/mol. The zero-order valence-corrected chi connectivity index (χ0v) is 12.7. The number of H-pyrrole nitrogens is 1. The summed E-state index contributed by atoms with van der Waals surface area (Å²) in [5.74, 6) is -0.169. The van der Waals surface area contributed by atoms with Crippen LogP contribution in [0.25, 0.3) is 0 Å². The van der Waals surface area contributed by atoms with E-state index in [1.807, 2.05) is 0 Å². The number of nitrogens with two attached hydrogens (primary N) is 1. The van der Waals surface area contributed by atoms with Gasteiger partial charge in [-0.05, 0) is 30.7 Å². The van der Waals surface area contributed by atoms with E-state index in [0.29, 0.717) is 13.1 Å². The van der Waals surface area contributed by atoms with Crippen LogP contribution in [0, 0.1) is 5.41 Å². The van der Waals surface area contributed by atoms with E-state index in [2.05, 4.69) is 18.8 Å². The van der Waals surface area contributed by atoms with Crippen molar-refractivity contribution in [2.75, 3.05) is 13.1 Å². The molecule has 0 unspecified atom stereocenters. The minimum Gasteiger partial charge on any atom is -0.356 e. The lowest BCUT2D eigenvalue weighted by atomic mass is 9.85. The monoisotopic (exact) mass is 299 g/mol. The van der Waals surface area contributed by atoms with E-state index in [1.54, 1.807) is 4.90 Å². The standard InChI is InChI=1S/C13H21N3O3S/c1-13(2)4-3-6-16(7-5-13)12(17)11-8-10(9-15-11)20(14,18)19/h8-9,15H,3-7H2,1-2H3,(H2,14,18,19). The Labute approximate surface area is 119 Å². The van der Waals surface area contributed by atoms with Gasteiger partial charge in [-0.2, -0.15) is 0 Å². The molecule has 0 aliphatic carbocycles. The van der Waals surface area contributed by atoms with E-state index in [9.17, 15) is 13.2 Å². The van der Waals surface area contributed by atoms with Gasteiger partial charge in [0.25, 0.3) is 5.91 Å². The maximum atomic E-state index is 12.4. The van der Waals surface area contributed by atoms with Crippen LogP contribution in [0.5, 0.6) is 0 Å². The molecule has 20 heavy (non-hydrogen) atoms. The van der Waals surface area contributed by atoms with Gasteiger partial charge in [-0.25, -0.2) is 13.6 Å². The number of hydrogen-bond donors (Lipinski definition) is 2. The van der Waals surface area contributed by atoms with Gasteiger partial charge in [-0.1, -0.05) is 13.8 Å². The molecule has 6 nitrogen and oxygen atoms in total. The largest absolute Gasteiger partial charge is 0.356 e. The van der Waals surface area contributed by atoms with Crippen molar-refractivity contribution in [3.8, 4) is 0 Å². The molecule has 7 heteroatoms. The third kappa shape index (κ3) is 3.40. The molecule has 1 aliphatic rings. The highest BCUT2D eigenvalue weighted by Gasteiger charge is 2.27. The Hall–Kier alpha value is -1.34. The van der Waals surface area contributed by atoms with Crippen LogP contribution in [-0.4, -0.2) is 37.3 Å². The van der Waals surface area contributed by atoms with Crippen LogP contribution in [-0.2, 0) is 10.0 Å². The summed E-state index contributed by atoms with van der Waals surface area (Å²) in [6, 6.07) is 1.30. The summed E-state index contributed by atoms with van der Waals surface area (Å²) in [6.45, 7) is 5.80. The number of carbonyl (C=O) groups is 1. The molecule has 1 fully saturated rings. The second-order valence-corrected chi connectivity index (χ2v) is 7.67. The van der Waals surface area contributed by atoms with Gasteiger partial charge < -0.3 is 9.88 Å². The van der Waals surface area contributed by atoms with Crippen molar-refractivity contribution in [3.63, 3.8) is 0 Å². The van der Waals surface area contributed by atoms with Crippen LogP contribution in [0.4, 0.5) is 0 Å². The molecule has 0 bridgehead atoms. The van der Waals surface area contributed by atoms with Crippen LogP contribution in [0.3, 0.4) is 0 Å². The predicted octanol–water partition coefficient (Wildman–Crippen LogP) is 1.31. The fraction of sp³-hybridized carbons (Fsp3) is 0.615. The summed E-state index contributed by atoms with van der Waals surface area (Å²) in [7, 11) is -3.77. The minimum atomic E-state index is -3.77. The number of nitrogens with one attached hydrogen (secondary N) is 1. The van der Waals surface area contributed by atoms with Crippen LogP contribution < -0.4 is 5.14 Å². The highest BCUT2D eigenvalue weighted by molar-refractivity contribution is 7.89. The van der Waals surface area contributed by atoms with Crippen molar-refractivity contribution >= 4 is 15.9 Å². The Morgan fingerprint density at radius 2 is 2.05 bits per heavy atom. The number of sulfonamides is 1. The average Bonchev–Trinajstić information content (AvgIpc) is 2.75. The number of nitrogens with zero attached hydrogens (tertiary/aromatic N) is 1. The molecule has 3 N–H and O–H groups in total. The van der Waals surface area contributed by atoms with Crippen molar-refractivity contribution in [2.24, 2.45) is 10.6 Å². The van der Waals surface area contributed by atoms with Gasteiger partial charge in [0.1, 0.15) is 5.69 Å². The summed E-state index contributed by atoms with van der Waals surface area (Å²) in [5, 5.41) is 5.04. The highest BCUT2D eigenvalue weighted by atomic mass is 32.2. The smallest absolute Gasteiger partial charge is 0.270 e. The highest BCUT2D eigenvalue weighted by Crippen LogP contribution is 2.30. The van der Waals surface area contributed by atoms with Crippen molar-refractivity contribution < 1.29 is 13.2 Å². The number of likely N-dealkylation sites (tertiary alicyclic amines) is 1. The number of aromatic amines is 1. The summed E-state index contributed by atoms with van der Waals surface area (Å²) in [6.07, 6.45) is 4.25. The third-order valence-corrected chi connectivity index (χ3v) is 4.74. The molecule has 2 heterocycles. The van der Waals surface area contributed by atoms with Crippen molar-refractivity contribution in [3.05, 3.63) is 18.0 Å². The minimum absolute atomic E-state index is 0.0593. The first-order chi connectivity index (χ1) is 9.19. The molecule has 0 radical (unpaired) electrons. The van der Waals surface area contributed by atoms with Gasteiger partial charge in [-0.3, -0.25) is 4.79 Å². The van der Waals surface area contributed by atoms with Crippen LogP contribution >= 0.6 is 0 Å². The summed E-state index contributed by atoms with van der Waals surface area (Å²) in [5.41, 5.74) is 0.519. The lowest BCUT2D eigenvalue weighted by Gasteiger charge is -2.23. The number of primary sulfonamides is 1. The molecule has 1 aliphatic heterocycles. The van der Waals surface area contributed by atoms with E-state index in [1.165, 1.54) is 12.3 Å². The molecular formula is C13H21N3O3S. The quantitative estimate of drug-likeness (QED) is 0.861. The normalized spacial score (nSPS) is 19.6. The molecule has 0 atom stereocenters. The fourth-order valence-corrected chi connectivity index (χ4v) is 2.96. The molecule has 1 saturated heterocycles. The Kier molecular flexibility index (Phi) is 3.93. The van der Waals surface area contributed by atoms with Gasteiger partial charge in [-0.15, -0.1) is 0 Å². The van der Waals surface area contributed by atoms with E-state index in [-0.39, 0.29) is 21.9 Å². The second-order valence-electron chi connectivity index (χ2n) is 6.10. The number of hydrogen-bond acceptors (Lipinski definition) is 3. The topological polar surface area (TPSA) is 96.3 Å².